The summed E-state index contributed by atoms with van der Waals surface area (Å²) in [5.74, 6) is 0.0276. The third kappa shape index (κ3) is 3.28. The van der Waals surface area contributed by atoms with E-state index in [1.807, 2.05) is 54.4 Å². The summed E-state index contributed by atoms with van der Waals surface area (Å²) in [5, 5.41) is 0. The molecular formula is C17H18N2O2. The van der Waals surface area contributed by atoms with Crippen LogP contribution >= 0.6 is 0 Å². The number of carbonyl (C=O) groups excluding carboxylic acids is 1. The van der Waals surface area contributed by atoms with E-state index in [4.69, 9.17) is 4.74 Å². The molecule has 2 heterocycles. The molecule has 0 radical (unpaired) electrons. The number of aromatic nitrogens is 1. The zero-order valence-corrected chi connectivity index (χ0v) is 12.1. The van der Waals surface area contributed by atoms with Gasteiger partial charge in [-0.3, -0.25) is 9.78 Å². The number of hydrogen-bond acceptors (Lipinski definition) is 3. The number of rotatable bonds is 4. The molecule has 0 N–H and O–H groups in total. The van der Waals surface area contributed by atoms with Crippen LogP contribution in [0.15, 0.2) is 42.6 Å². The fourth-order valence-electron chi connectivity index (χ4n) is 2.50. The average Bonchev–Trinajstić information content (AvgIpc) is 2.91. The topological polar surface area (TPSA) is 42.4 Å². The Morgan fingerprint density at radius 2 is 2.00 bits per heavy atom. The van der Waals surface area contributed by atoms with E-state index in [1.54, 1.807) is 0 Å². The summed E-state index contributed by atoms with van der Waals surface area (Å²) < 4.78 is 5.51. The smallest absolute Gasteiger partial charge is 0.249 e. The molecule has 0 bridgehead atoms. The second-order valence-corrected chi connectivity index (χ2v) is 5.32. The molecule has 0 spiro atoms. The van der Waals surface area contributed by atoms with Crippen LogP contribution in [-0.4, -0.2) is 22.4 Å². The summed E-state index contributed by atoms with van der Waals surface area (Å²) >= 11 is 0. The van der Waals surface area contributed by atoms with Crippen LogP contribution in [0, 0.1) is 6.92 Å². The van der Waals surface area contributed by atoms with Crippen molar-refractivity contribution in [2.45, 2.75) is 26.6 Å². The normalized spacial score (nSPS) is 13.3. The van der Waals surface area contributed by atoms with Crippen LogP contribution in [0.2, 0.25) is 0 Å². The Balaban J connectivity index is 1.51. The largest absolute Gasteiger partial charge is 0.367 e. The number of carbonyl (C=O) groups is 1. The predicted octanol–water partition coefficient (Wildman–Crippen LogP) is 2.45. The Labute approximate surface area is 124 Å². The number of pyridine rings is 1. The first-order valence-corrected chi connectivity index (χ1v) is 7.06. The number of fused-ring (bicyclic) bond motifs is 1. The van der Waals surface area contributed by atoms with Gasteiger partial charge in [-0.2, -0.15) is 0 Å². The van der Waals surface area contributed by atoms with Crippen molar-refractivity contribution in [2.75, 3.05) is 6.61 Å². The van der Waals surface area contributed by atoms with Crippen molar-refractivity contribution in [3.05, 3.63) is 65.0 Å². The molecule has 21 heavy (non-hydrogen) atoms. The minimum atomic E-state index is 0.0276. The van der Waals surface area contributed by atoms with Crippen molar-refractivity contribution in [2.24, 2.45) is 0 Å². The average molecular weight is 282 g/mol. The first-order chi connectivity index (χ1) is 10.2. The number of nitrogens with zero attached hydrogens (tertiary/aromatic N) is 2. The molecule has 108 valence electrons. The molecule has 0 aliphatic carbocycles. The van der Waals surface area contributed by atoms with Crippen LogP contribution in [0.5, 0.6) is 0 Å². The molecule has 1 aromatic heterocycles. The fourth-order valence-corrected chi connectivity index (χ4v) is 2.50. The highest BCUT2D eigenvalue weighted by molar-refractivity contribution is 5.78. The van der Waals surface area contributed by atoms with E-state index >= 15 is 0 Å². The van der Waals surface area contributed by atoms with Crippen LogP contribution in [0.1, 0.15) is 22.4 Å². The van der Waals surface area contributed by atoms with Gasteiger partial charge in [0.1, 0.15) is 6.61 Å². The molecule has 3 rings (SSSR count). The highest BCUT2D eigenvalue weighted by Gasteiger charge is 2.23. The molecule has 1 amide bonds. The van der Waals surface area contributed by atoms with E-state index in [0.717, 1.165) is 16.8 Å². The lowest BCUT2D eigenvalue weighted by molar-refractivity contribution is -0.137. The SMILES string of the molecule is Cc1cc2c(cn1)CN(C(=O)COCc1ccccc1)C2. The summed E-state index contributed by atoms with van der Waals surface area (Å²) in [4.78, 5) is 18.3. The minimum Gasteiger partial charge on any atom is -0.367 e. The van der Waals surface area contributed by atoms with Gasteiger partial charge in [-0.05, 0) is 29.7 Å². The molecule has 0 atom stereocenters. The van der Waals surface area contributed by atoms with Gasteiger partial charge in [0.05, 0.1) is 6.61 Å². The molecule has 2 aromatic rings. The second kappa shape index (κ2) is 6.06. The Hall–Kier alpha value is -2.20. The van der Waals surface area contributed by atoms with Crippen LogP contribution in [0.3, 0.4) is 0 Å². The van der Waals surface area contributed by atoms with Crippen LogP contribution in [-0.2, 0) is 29.2 Å². The summed E-state index contributed by atoms with van der Waals surface area (Å²) in [5.41, 5.74) is 4.40. The predicted molar refractivity (Wildman–Crippen MR) is 79.3 cm³/mol. The molecule has 0 saturated heterocycles. The molecule has 0 fully saturated rings. The lowest BCUT2D eigenvalue weighted by atomic mass is 10.2. The maximum absolute atomic E-state index is 12.2. The summed E-state index contributed by atoms with van der Waals surface area (Å²) in [6, 6.07) is 11.9. The Morgan fingerprint density at radius 3 is 2.81 bits per heavy atom. The van der Waals surface area contributed by atoms with Gasteiger partial charge in [0.25, 0.3) is 0 Å². The van der Waals surface area contributed by atoms with Crippen LogP contribution in [0.25, 0.3) is 0 Å². The molecule has 1 aromatic carbocycles. The molecule has 0 unspecified atom stereocenters. The van der Waals surface area contributed by atoms with Gasteiger partial charge in [-0.15, -0.1) is 0 Å². The Morgan fingerprint density at radius 1 is 1.24 bits per heavy atom. The van der Waals surface area contributed by atoms with Gasteiger partial charge in [0.2, 0.25) is 5.91 Å². The van der Waals surface area contributed by atoms with Crippen LogP contribution in [0.4, 0.5) is 0 Å². The van der Waals surface area contributed by atoms with E-state index in [1.165, 1.54) is 5.56 Å². The van der Waals surface area contributed by atoms with E-state index in [-0.39, 0.29) is 12.5 Å². The number of aryl methyl sites for hydroxylation is 1. The highest BCUT2D eigenvalue weighted by atomic mass is 16.5. The number of ether oxygens (including phenoxy) is 1. The van der Waals surface area contributed by atoms with Gasteiger partial charge in [0, 0.05) is 25.0 Å². The first kappa shape index (κ1) is 13.8. The van der Waals surface area contributed by atoms with Crippen molar-refractivity contribution in [3.63, 3.8) is 0 Å². The molecule has 4 nitrogen and oxygen atoms in total. The van der Waals surface area contributed by atoms with Crippen molar-refractivity contribution in [1.29, 1.82) is 0 Å². The summed E-state index contributed by atoms with van der Waals surface area (Å²) in [7, 11) is 0. The zero-order valence-electron chi connectivity index (χ0n) is 12.1. The summed E-state index contributed by atoms with van der Waals surface area (Å²) in [6.07, 6.45) is 1.86. The van der Waals surface area contributed by atoms with E-state index in [0.29, 0.717) is 19.7 Å². The molecule has 4 heteroatoms. The lowest BCUT2D eigenvalue weighted by Crippen LogP contribution is -2.29. The monoisotopic (exact) mass is 282 g/mol. The van der Waals surface area contributed by atoms with Crippen molar-refractivity contribution in [1.82, 2.24) is 9.88 Å². The van der Waals surface area contributed by atoms with Crippen LogP contribution < -0.4 is 0 Å². The maximum atomic E-state index is 12.2. The van der Waals surface area contributed by atoms with Gasteiger partial charge >= 0.3 is 0 Å². The molecule has 1 aliphatic heterocycles. The maximum Gasteiger partial charge on any atom is 0.249 e. The summed E-state index contributed by atoms with van der Waals surface area (Å²) in [6.45, 7) is 3.85. The van der Waals surface area contributed by atoms with Gasteiger partial charge < -0.3 is 9.64 Å². The number of hydrogen-bond donors (Lipinski definition) is 0. The Bertz CT molecular complexity index is 640. The zero-order chi connectivity index (χ0) is 14.7. The minimum absolute atomic E-state index is 0.0276. The van der Waals surface area contributed by atoms with Gasteiger partial charge in [0.15, 0.2) is 0 Å². The second-order valence-electron chi connectivity index (χ2n) is 5.32. The lowest BCUT2D eigenvalue weighted by Gasteiger charge is -2.15. The number of amides is 1. The number of benzene rings is 1. The van der Waals surface area contributed by atoms with Crippen molar-refractivity contribution < 1.29 is 9.53 Å². The highest BCUT2D eigenvalue weighted by Crippen LogP contribution is 2.22. The van der Waals surface area contributed by atoms with Crippen molar-refractivity contribution in [3.8, 4) is 0 Å². The standard InChI is InChI=1S/C17H18N2O2/c1-13-7-15-9-19(10-16(15)8-18-13)17(20)12-21-11-14-5-3-2-4-6-14/h2-8H,9-12H2,1H3. The van der Waals surface area contributed by atoms with E-state index < -0.39 is 0 Å². The molecule has 0 saturated carbocycles. The van der Waals surface area contributed by atoms with Gasteiger partial charge in [-0.1, -0.05) is 30.3 Å². The van der Waals surface area contributed by atoms with Gasteiger partial charge in [-0.25, -0.2) is 0 Å². The molecule has 1 aliphatic rings. The van der Waals surface area contributed by atoms with E-state index in [9.17, 15) is 4.79 Å². The van der Waals surface area contributed by atoms with E-state index in [2.05, 4.69) is 4.98 Å². The fraction of sp³-hybridized carbons (Fsp3) is 0.294. The Kier molecular flexibility index (Phi) is 3.97. The third-order valence-corrected chi connectivity index (χ3v) is 3.63. The van der Waals surface area contributed by atoms with Crippen molar-refractivity contribution >= 4 is 5.91 Å². The first-order valence-electron chi connectivity index (χ1n) is 7.06. The quantitative estimate of drug-likeness (QED) is 0.865. The molecular weight excluding hydrogens is 264 g/mol. The third-order valence-electron chi connectivity index (χ3n) is 3.63.